The number of anilines is 2. The molecule has 172 valence electrons. The zero-order chi connectivity index (χ0) is 23.1. The summed E-state index contributed by atoms with van der Waals surface area (Å²) >= 11 is 0. The number of para-hydroxylation sites is 3. The van der Waals surface area contributed by atoms with Crippen LogP contribution in [0.5, 0.6) is 5.75 Å². The number of carbonyl (C=O) groups excluding carboxylic acids is 2. The summed E-state index contributed by atoms with van der Waals surface area (Å²) in [5.74, 6) is -0.186. The molecular formula is C23H28F2N4O3. The summed E-state index contributed by atoms with van der Waals surface area (Å²) in [6.07, 6.45) is 0.694. The third-order valence-electron chi connectivity index (χ3n) is 5.33. The molecular weight excluding hydrogens is 418 g/mol. The molecule has 0 aliphatic carbocycles. The van der Waals surface area contributed by atoms with E-state index in [1.165, 1.54) is 12.1 Å². The van der Waals surface area contributed by atoms with Crippen LogP contribution < -0.4 is 15.4 Å². The van der Waals surface area contributed by atoms with Gasteiger partial charge in [0.15, 0.2) is 0 Å². The maximum Gasteiger partial charge on any atom is 0.387 e. The SMILES string of the molecule is Cc1cccc(C)c1NC(=O)CN1CCCN(C(=O)Nc2ccccc2OC(F)F)CC1. The van der Waals surface area contributed by atoms with Gasteiger partial charge in [0.2, 0.25) is 5.91 Å². The van der Waals surface area contributed by atoms with Gasteiger partial charge in [0, 0.05) is 31.9 Å². The van der Waals surface area contributed by atoms with Crippen LogP contribution in [0.25, 0.3) is 0 Å². The number of alkyl halides is 2. The van der Waals surface area contributed by atoms with Crippen LogP contribution in [-0.4, -0.2) is 61.1 Å². The van der Waals surface area contributed by atoms with E-state index < -0.39 is 12.6 Å². The van der Waals surface area contributed by atoms with E-state index in [-0.39, 0.29) is 23.9 Å². The van der Waals surface area contributed by atoms with Gasteiger partial charge in [-0.05, 0) is 43.5 Å². The van der Waals surface area contributed by atoms with Crippen molar-refractivity contribution in [3.8, 4) is 5.75 Å². The lowest BCUT2D eigenvalue weighted by atomic mass is 10.1. The van der Waals surface area contributed by atoms with Crippen LogP contribution in [-0.2, 0) is 4.79 Å². The van der Waals surface area contributed by atoms with Gasteiger partial charge in [-0.1, -0.05) is 30.3 Å². The lowest BCUT2D eigenvalue weighted by Gasteiger charge is -2.23. The number of benzene rings is 2. The molecule has 1 saturated heterocycles. The number of halogens is 2. The van der Waals surface area contributed by atoms with E-state index in [9.17, 15) is 18.4 Å². The van der Waals surface area contributed by atoms with Crippen LogP contribution in [0.15, 0.2) is 42.5 Å². The van der Waals surface area contributed by atoms with Crippen molar-refractivity contribution in [2.24, 2.45) is 0 Å². The normalized spacial score (nSPS) is 14.7. The molecule has 0 saturated carbocycles. The molecule has 0 atom stereocenters. The molecule has 3 rings (SSSR count). The highest BCUT2D eigenvalue weighted by Crippen LogP contribution is 2.26. The Morgan fingerprint density at radius 1 is 0.969 bits per heavy atom. The second-order valence-electron chi connectivity index (χ2n) is 7.74. The van der Waals surface area contributed by atoms with Crippen molar-refractivity contribution in [2.75, 3.05) is 43.4 Å². The Morgan fingerprint density at radius 3 is 2.41 bits per heavy atom. The van der Waals surface area contributed by atoms with Gasteiger partial charge in [0.1, 0.15) is 5.75 Å². The van der Waals surface area contributed by atoms with Crippen molar-refractivity contribution in [2.45, 2.75) is 26.9 Å². The number of nitrogens with zero attached hydrogens (tertiary/aromatic N) is 2. The average molecular weight is 446 g/mol. The number of urea groups is 1. The predicted molar refractivity (Wildman–Crippen MR) is 119 cm³/mol. The number of hydrogen-bond donors (Lipinski definition) is 2. The number of amides is 3. The summed E-state index contributed by atoms with van der Waals surface area (Å²) < 4.78 is 29.6. The fourth-order valence-electron chi connectivity index (χ4n) is 3.69. The van der Waals surface area contributed by atoms with Gasteiger partial charge in [-0.2, -0.15) is 8.78 Å². The summed E-state index contributed by atoms with van der Waals surface area (Å²) in [4.78, 5) is 28.9. The maximum atomic E-state index is 12.7. The molecule has 1 aliphatic heterocycles. The number of hydrogen-bond acceptors (Lipinski definition) is 4. The van der Waals surface area contributed by atoms with E-state index in [4.69, 9.17) is 0 Å². The van der Waals surface area contributed by atoms with Crippen LogP contribution in [0, 0.1) is 13.8 Å². The zero-order valence-electron chi connectivity index (χ0n) is 18.2. The standard InChI is InChI=1S/C23H28F2N4O3/c1-16-7-5-8-17(2)21(16)27-20(30)15-28-11-6-12-29(14-13-28)23(31)26-18-9-3-4-10-19(18)32-22(24)25/h3-5,7-10,22H,6,11-15H2,1-2H3,(H,26,31)(H,27,30). The molecule has 32 heavy (non-hydrogen) atoms. The fraction of sp³-hybridized carbons (Fsp3) is 0.391. The molecule has 7 nitrogen and oxygen atoms in total. The molecule has 9 heteroatoms. The van der Waals surface area contributed by atoms with Gasteiger partial charge in [-0.15, -0.1) is 0 Å². The smallest absolute Gasteiger partial charge is 0.387 e. The quantitative estimate of drug-likeness (QED) is 0.701. The number of carbonyl (C=O) groups is 2. The van der Waals surface area contributed by atoms with Gasteiger partial charge in [0.05, 0.1) is 12.2 Å². The van der Waals surface area contributed by atoms with Gasteiger partial charge < -0.3 is 20.3 Å². The van der Waals surface area contributed by atoms with E-state index in [2.05, 4.69) is 15.4 Å². The molecule has 0 aromatic heterocycles. The highest BCUT2D eigenvalue weighted by Gasteiger charge is 2.22. The molecule has 0 radical (unpaired) electrons. The van der Waals surface area contributed by atoms with Gasteiger partial charge >= 0.3 is 12.6 Å². The van der Waals surface area contributed by atoms with Crippen molar-refractivity contribution in [3.05, 3.63) is 53.6 Å². The minimum atomic E-state index is -2.98. The Morgan fingerprint density at radius 2 is 1.69 bits per heavy atom. The summed E-state index contributed by atoms with van der Waals surface area (Å²) in [7, 11) is 0. The summed E-state index contributed by atoms with van der Waals surface area (Å²) in [6, 6.07) is 11.5. The van der Waals surface area contributed by atoms with E-state index in [1.807, 2.05) is 36.9 Å². The highest BCUT2D eigenvalue weighted by atomic mass is 19.3. The molecule has 2 aromatic carbocycles. The summed E-state index contributed by atoms with van der Waals surface area (Å²) in [5, 5.41) is 5.63. The zero-order valence-corrected chi connectivity index (χ0v) is 18.2. The third kappa shape index (κ3) is 6.40. The van der Waals surface area contributed by atoms with Crippen LogP contribution in [0.2, 0.25) is 0 Å². The Bertz CT molecular complexity index is 934. The van der Waals surface area contributed by atoms with E-state index in [0.29, 0.717) is 32.6 Å². The third-order valence-corrected chi connectivity index (χ3v) is 5.33. The molecule has 1 aliphatic rings. The van der Waals surface area contributed by atoms with Crippen molar-refractivity contribution < 1.29 is 23.1 Å². The molecule has 1 fully saturated rings. The molecule has 0 bridgehead atoms. The number of rotatable bonds is 6. The van der Waals surface area contributed by atoms with Crippen molar-refractivity contribution in [1.82, 2.24) is 9.80 Å². The lowest BCUT2D eigenvalue weighted by Crippen LogP contribution is -2.39. The first-order chi connectivity index (χ1) is 15.3. The molecule has 2 N–H and O–H groups in total. The first-order valence-electron chi connectivity index (χ1n) is 10.5. The maximum absolute atomic E-state index is 12.7. The second kappa shape index (κ2) is 10.9. The summed E-state index contributed by atoms with van der Waals surface area (Å²) in [6.45, 7) is 3.28. The number of aryl methyl sites for hydroxylation is 2. The topological polar surface area (TPSA) is 73.9 Å². The van der Waals surface area contributed by atoms with Crippen molar-refractivity contribution in [1.29, 1.82) is 0 Å². The van der Waals surface area contributed by atoms with E-state index in [0.717, 1.165) is 16.8 Å². The van der Waals surface area contributed by atoms with E-state index in [1.54, 1.807) is 17.0 Å². The van der Waals surface area contributed by atoms with Crippen LogP contribution in [0.3, 0.4) is 0 Å². The molecule has 3 amide bonds. The minimum absolute atomic E-state index is 0.0875. The largest absolute Gasteiger partial charge is 0.433 e. The first-order valence-corrected chi connectivity index (χ1v) is 10.5. The molecule has 1 heterocycles. The average Bonchev–Trinajstić information content (AvgIpc) is 2.97. The van der Waals surface area contributed by atoms with Crippen molar-refractivity contribution >= 4 is 23.3 Å². The predicted octanol–water partition coefficient (Wildman–Crippen LogP) is 4.08. The first kappa shape index (κ1) is 23.5. The summed E-state index contributed by atoms with van der Waals surface area (Å²) in [5.41, 5.74) is 3.03. The molecule has 0 unspecified atom stereocenters. The van der Waals surface area contributed by atoms with Gasteiger partial charge in [-0.3, -0.25) is 9.69 Å². The Kier molecular flexibility index (Phi) is 7.99. The Labute approximate surface area is 186 Å². The van der Waals surface area contributed by atoms with E-state index >= 15 is 0 Å². The Balaban J connectivity index is 1.54. The number of ether oxygens (including phenoxy) is 1. The number of nitrogens with one attached hydrogen (secondary N) is 2. The highest BCUT2D eigenvalue weighted by molar-refractivity contribution is 5.94. The lowest BCUT2D eigenvalue weighted by molar-refractivity contribution is -0.117. The van der Waals surface area contributed by atoms with Crippen LogP contribution in [0.4, 0.5) is 25.0 Å². The van der Waals surface area contributed by atoms with Crippen LogP contribution in [0.1, 0.15) is 17.5 Å². The van der Waals surface area contributed by atoms with Gasteiger partial charge in [-0.25, -0.2) is 4.79 Å². The second-order valence-corrected chi connectivity index (χ2v) is 7.74. The monoisotopic (exact) mass is 446 g/mol. The Hall–Kier alpha value is -3.20. The molecule has 2 aromatic rings. The van der Waals surface area contributed by atoms with Crippen molar-refractivity contribution in [3.63, 3.8) is 0 Å². The minimum Gasteiger partial charge on any atom is -0.433 e. The molecule has 0 spiro atoms. The van der Waals surface area contributed by atoms with Gasteiger partial charge in [0.25, 0.3) is 0 Å². The van der Waals surface area contributed by atoms with Crippen LogP contribution >= 0.6 is 0 Å². The fourth-order valence-corrected chi connectivity index (χ4v) is 3.69.